The summed E-state index contributed by atoms with van der Waals surface area (Å²) in [6, 6.07) is 9.55. The van der Waals surface area contributed by atoms with Crippen LogP contribution in [-0.2, 0) is 6.54 Å². The largest absolute Gasteiger partial charge is 0.336 e. The molecule has 0 radical (unpaired) electrons. The number of aromatic amines is 1. The molecule has 1 aromatic carbocycles. The minimum atomic E-state index is -0.326. The smallest absolute Gasteiger partial charge is 0.274 e. The normalized spacial score (nSPS) is 18.5. The van der Waals surface area contributed by atoms with Crippen molar-refractivity contribution in [2.45, 2.75) is 32.9 Å². The summed E-state index contributed by atoms with van der Waals surface area (Å²) in [5, 5.41) is 6.19. The van der Waals surface area contributed by atoms with Gasteiger partial charge in [0.1, 0.15) is 11.5 Å². The molecule has 1 atom stereocenters. The van der Waals surface area contributed by atoms with Crippen molar-refractivity contribution < 1.29 is 9.18 Å². The highest BCUT2D eigenvalue weighted by atomic mass is 19.1. The zero-order chi connectivity index (χ0) is 19.4. The third-order valence-electron chi connectivity index (χ3n) is 5.00. The third-order valence-corrected chi connectivity index (χ3v) is 5.00. The monoisotopic (exact) mass is 372 g/mol. The van der Waals surface area contributed by atoms with Gasteiger partial charge in [-0.2, -0.15) is 5.10 Å². The van der Waals surface area contributed by atoms with Crippen LogP contribution in [-0.4, -0.2) is 51.6 Å². The summed E-state index contributed by atoms with van der Waals surface area (Å²) in [5.41, 5.74) is 0.987. The molecule has 0 bridgehead atoms. The number of benzene rings is 1. The van der Waals surface area contributed by atoms with Crippen LogP contribution < -0.4 is 5.56 Å². The molecule has 0 aliphatic carbocycles. The molecule has 1 N–H and O–H groups in total. The number of rotatable bonds is 4. The van der Waals surface area contributed by atoms with Crippen LogP contribution in [0.15, 0.2) is 41.2 Å². The fraction of sp³-hybridized carbons (Fsp3) is 0.450. The van der Waals surface area contributed by atoms with Crippen molar-refractivity contribution in [3.05, 3.63) is 63.8 Å². The first kappa shape index (κ1) is 19.2. The Bertz CT molecular complexity index is 814. The first-order valence-electron chi connectivity index (χ1n) is 9.27. The van der Waals surface area contributed by atoms with Crippen molar-refractivity contribution in [2.24, 2.45) is 5.92 Å². The van der Waals surface area contributed by atoms with E-state index in [2.05, 4.69) is 28.9 Å². The second kappa shape index (κ2) is 8.43. The van der Waals surface area contributed by atoms with E-state index in [0.717, 1.165) is 25.1 Å². The molecule has 1 aliphatic rings. The Labute approximate surface area is 158 Å². The quantitative estimate of drug-likeness (QED) is 0.894. The summed E-state index contributed by atoms with van der Waals surface area (Å²) in [6.07, 6.45) is 0.847. The highest BCUT2D eigenvalue weighted by molar-refractivity contribution is 5.92. The lowest BCUT2D eigenvalue weighted by Gasteiger charge is -2.34. The number of H-pyrrole nitrogens is 1. The van der Waals surface area contributed by atoms with Crippen molar-refractivity contribution >= 4 is 5.91 Å². The summed E-state index contributed by atoms with van der Waals surface area (Å²) in [4.78, 5) is 28.2. The predicted octanol–water partition coefficient (Wildman–Crippen LogP) is 2.28. The van der Waals surface area contributed by atoms with E-state index in [9.17, 15) is 14.0 Å². The van der Waals surface area contributed by atoms with Gasteiger partial charge < -0.3 is 4.90 Å². The predicted molar refractivity (Wildman–Crippen MR) is 101 cm³/mol. The number of carbonyl (C=O) groups excluding carboxylic acids is 1. The van der Waals surface area contributed by atoms with Crippen LogP contribution in [0.3, 0.4) is 0 Å². The number of carbonyl (C=O) groups is 1. The van der Waals surface area contributed by atoms with Crippen LogP contribution in [0.1, 0.15) is 36.3 Å². The standard InChI is InChI=1S/C20H25FN4O2/c1-14(2)18-13-25(20(27)17-8-9-19(26)23-22-17)11-3-10-24(18)12-15-4-6-16(21)7-5-15/h4-9,14,18H,3,10-13H2,1-2H3,(H,23,26)/t18-/m1/s1. The number of hydrogen-bond donors (Lipinski definition) is 1. The van der Waals surface area contributed by atoms with Gasteiger partial charge in [0.05, 0.1) is 0 Å². The molecule has 3 rings (SSSR count). The molecule has 144 valence electrons. The Morgan fingerprint density at radius 1 is 1.22 bits per heavy atom. The fourth-order valence-corrected chi connectivity index (χ4v) is 3.53. The highest BCUT2D eigenvalue weighted by Crippen LogP contribution is 2.21. The molecule has 6 nitrogen and oxygen atoms in total. The van der Waals surface area contributed by atoms with Crippen LogP contribution in [0, 0.1) is 11.7 Å². The molecule has 1 aromatic heterocycles. The van der Waals surface area contributed by atoms with E-state index < -0.39 is 0 Å². The van der Waals surface area contributed by atoms with E-state index in [-0.39, 0.29) is 29.0 Å². The van der Waals surface area contributed by atoms with Gasteiger partial charge in [-0.25, -0.2) is 9.49 Å². The van der Waals surface area contributed by atoms with Crippen molar-refractivity contribution in [1.82, 2.24) is 20.0 Å². The van der Waals surface area contributed by atoms with E-state index in [4.69, 9.17) is 0 Å². The van der Waals surface area contributed by atoms with Gasteiger partial charge in [-0.3, -0.25) is 14.5 Å². The van der Waals surface area contributed by atoms with Crippen LogP contribution in [0.4, 0.5) is 4.39 Å². The number of nitrogens with zero attached hydrogens (tertiary/aromatic N) is 3. The minimum absolute atomic E-state index is 0.166. The Kier molecular flexibility index (Phi) is 6.01. The summed E-state index contributed by atoms with van der Waals surface area (Å²) >= 11 is 0. The van der Waals surface area contributed by atoms with E-state index in [1.165, 1.54) is 24.3 Å². The molecule has 27 heavy (non-hydrogen) atoms. The van der Waals surface area contributed by atoms with E-state index in [1.54, 1.807) is 0 Å². The van der Waals surface area contributed by atoms with Gasteiger partial charge in [-0.1, -0.05) is 26.0 Å². The topological polar surface area (TPSA) is 69.3 Å². The number of nitrogens with one attached hydrogen (secondary N) is 1. The molecule has 1 amide bonds. The number of hydrogen-bond acceptors (Lipinski definition) is 4. The summed E-state index contributed by atoms with van der Waals surface area (Å²) in [5.74, 6) is -0.0527. The maximum Gasteiger partial charge on any atom is 0.274 e. The number of halogens is 1. The zero-order valence-corrected chi connectivity index (χ0v) is 15.7. The van der Waals surface area contributed by atoms with Gasteiger partial charge in [0, 0.05) is 38.3 Å². The van der Waals surface area contributed by atoms with Crippen molar-refractivity contribution in [1.29, 1.82) is 0 Å². The van der Waals surface area contributed by atoms with Gasteiger partial charge >= 0.3 is 0 Å². The Balaban J connectivity index is 1.76. The van der Waals surface area contributed by atoms with Crippen LogP contribution >= 0.6 is 0 Å². The van der Waals surface area contributed by atoms with Crippen molar-refractivity contribution in [3.63, 3.8) is 0 Å². The summed E-state index contributed by atoms with van der Waals surface area (Å²) in [6.45, 7) is 7.12. The van der Waals surface area contributed by atoms with Gasteiger partial charge in [-0.05, 0) is 36.1 Å². The second-order valence-corrected chi connectivity index (χ2v) is 7.32. The molecule has 1 saturated heterocycles. The second-order valence-electron chi connectivity index (χ2n) is 7.32. The number of aromatic nitrogens is 2. The molecular formula is C20H25FN4O2. The zero-order valence-electron chi connectivity index (χ0n) is 15.7. The van der Waals surface area contributed by atoms with E-state index >= 15 is 0 Å². The first-order chi connectivity index (χ1) is 12.9. The molecule has 0 saturated carbocycles. The van der Waals surface area contributed by atoms with Gasteiger partial charge in [-0.15, -0.1) is 0 Å². The van der Waals surface area contributed by atoms with Gasteiger partial charge in [0.25, 0.3) is 11.5 Å². The maximum atomic E-state index is 13.2. The van der Waals surface area contributed by atoms with Gasteiger partial charge in [0.2, 0.25) is 0 Å². The maximum absolute atomic E-state index is 13.2. The molecule has 1 fully saturated rings. The molecule has 7 heteroatoms. The molecule has 0 spiro atoms. The SMILES string of the molecule is CC(C)[C@H]1CN(C(=O)c2ccc(=O)[nH]n2)CCCN1Cc1ccc(F)cc1. The lowest BCUT2D eigenvalue weighted by molar-refractivity contribution is 0.0695. The average Bonchev–Trinajstić information content (AvgIpc) is 2.86. The summed E-state index contributed by atoms with van der Waals surface area (Å²) < 4.78 is 13.2. The minimum Gasteiger partial charge on any atom is -0.336 e. The molecular weight excluding hydrogens is 347 g/mol. The van der Waals surface area contributed by atoms with Crippen molar-refractivity contribution in [2.75, 3.05) is 19.6 Å². The highest BCUT2D eigenvalue weighted by Gasteiger charge is 2.30. The van der Waals surface area contributed by atoms with Crippen molar-refractivity contribution in [3.8, 4) is 0 Å². The third kappa shape index (κ3) is 4.80. The lowest BCUT2D eigenvalue weighted by atomic mass is 10.0. The van der Waals surface area contributed by atoms with Crippen LogP contribution in [0.25, 0.3) is 0 Å². The first-order valence-corrected chi connectivity index (χ1v) is 9.27. The summed E-state index contributed by atoms with van der Waals surface area (Å²) in [7, 11) is 0. The number of amides is 1. The molecule has 2 aromatic rings. The Hall–Kier alpha value is -2.54. The Morgan fingerprint density at radius 2 is 1.96 bits per heavy atom. The van der Waals surface area contributed by atoms with E-state index in [1.807, 2.05) is 17.0 Å². The van der Waals surface area contributed by atoms with Crippen LogP contribution in [0.2, 0.25) is 0 Å². The molecule has 2 heterocycles. The lowest BCUT2D eigenvalue weighted by Crippen LogP contribution is -2.45. The average molecular weight is 372 g/mol. The molecule has 1 aliphatic heterocycles. The fourth-order valence-electron chi connectivity index (χ4n) is 3.53. The molecule has 0 unspecified atom stereocenters. The Morgan fingerprint density at radius 3 is 2.59 bits per heavy atom. The van der Waals surface area contributed by atoms with Crippen LogP contribution in [0.5, 0.6) is 0 Å². The van der Waals surface area contributed by atoms with E-state index in [0.29, 0.717) is 19.0 Å². The van der Waals surface area contributed by atoms with Gasteiger partial charge in [0.15, 0.2) is 0 Å².